The van der Waals surface area contributed by atoms with Gasteiger partial charge in [-0.3, -0.25) is 0 Å². The van der Waals surface area contributed by atoms with Crippen LogP contribution in [0.2, 0.25) is 0 Å². The Hall–Kier alpha value is -6.93. The van der Waals surface area contributed by atoms with Gasteiger partial charge in [0.05, 0.1) is 11.1 Å². The number of aromatic hydroxyl groups is 7. The average molecular weight is 710 g/mol. The van der Waals surface area contributed by atoms with Gasteiger partial charge in [0.25, 0.3) is 0 Å². The molecule has 7 aromatic rings. The smallest absolute Gasteiger partial charge is 0.201 e. The van der Waals surface area contributed by atoms with E-state index in [0.29, 0.717) is 32.9 Å². The SMILES string of the molecule is [B]c1c([B])c(-c2c(O)c(O)c(O)c(-c3c4ccccc4c(-c4ccc5c(/C=C(C)/C=C\C=C/C)c(C=C)oc5c4)c4ccccc34)c2O)c(O)c(O)c1O. The van der Waals surface area contributed by atoms with Gasteiger partial charge in [0, 0.05) is 22.1 Å². The minimum atomic E-state index is -1.07. The lowest BCUT2D eigenvalue weighted by atomic mass is 9.74. The number of furan rings is 1. The van der Waals surface area contributed by atoms with Gasteiger partial charge in [-0.15, -0.1) is 0 Å². The lowest BCUT2D eigenvalue weighted by Crippen LogP contribution is -2.28. The van der Waals surface area contributed by atoms with Crippen molar-refractivity contribution in [3.8, 4) is 73.6 Å². The molecule has 54 heavy (non-hydrogen) atoms. The Morgan fingerprint density at radius 1 is 0.593 bits per heavy atom. The zero-order valence-corrected chi connectivity index (χ0v) is 29.2. The Balaban J connectivity index is 1.54. The summed E-state index contributed by atoms with van der Waals surface area (Å²) in [6.45, 7) is 7.93. The normalized spacial score (nSPS) is 12.2. The highest BCUT2D eigenvalue weighted by Crippen LogP contribution is 2.59. The molecule has 6 aromatic carbocycles. The summed E-state index contributed by atoms with van der Waals surface area (Å²) < 4.78 is 6.32. The van der Waals surface area contributed by atoms with Crippen molar-refractivity contribution < 1.29 is 40.2 Å². The summed E-state index contributed by atoms with van der Waals surface area (Å²) in [6, 6.07) is 20.5. The van der Waals surface area contributed by atoms with Gasteiger partial charge in [-0.2, -0.15) is 0 Å². The molecule has 0 saturated carbocycles. The maximum atomic E-state index is 12.0. The highest BCUT2D eigenvalue weighted by Gasteiger charge is 2.32. The Morgan fingerprint density at radius 2 is 1.13 bits per heavy atom. The first-order valence-corrected chi connectivity index (χ1v) is 16.8. The van der Waals surface area contributed by atoms with Crippen LogP contribution in [0.15, 0.2) is 108 Å². The van der Waals surface area contributed by atoms with E-state index < -0.39 is 62.3 Å². The molecule has 0 saturated heterocycles. The van der Waals surface area contributed by atoms with E-state index in [-0.39, 0.29) is 11.1 Å². The number of fused-ring (bicyclic) bond motifs is 3. The summed E-state index contributed by atoms with van der Waals surface area (Å²) in [5.74, 6) is -6.17. The van der Waals surface area contributed by atoms with Crippen LogP contribution < -0.4 is 10.9 Å². The van der Waals surface area contributed by atoms with Crippen molar-refractivity contribution in [2.45, 2.75) is 13.8 Å². The van der Waals surface area contributed by atoms with E-state index >= 15 is 0 Å². The molecule has 7 rings (SSSR count). The van der Waals surface area contributed by atoms with Gasteiger partial charge in [0.1, 0.15) is 32.8 Å². The van der Waals surface area contributed by atoms with Crippen molar-refractivity contribution in [3.63, 3.8) is 0 Å². The van der Waals surface area contributed by atoms with Crippen LogP contribution in [0.4, 0.5) is 0 Å². The standard InChI is InChI=1S/C44H32B2O8/c1-4-6-7-12-21(3)19-28-23-18-17-22(20-30(23)54-29(28)5-2)31-24-13-8-10-15-26(24)32(27-16-11-9-14-25(27)31)34-38(47)35(41(50)43(52)40(34)49)33-36(45)37(46)42(51)44(53)39(33)48/h4-20,47-53H,2H2,1,3H3/b6-4-,12-7-,21-19+. The van der Waals surface area contributed by atoms with Crippen LogP contribution in [0.1, 0.15) is 25.2 Å². The fourth-order valence-corrected chi connectivity index (χ4v) is 7.07. The minimum absolute atomic E-state index is 0.271. The lowest BCUT2D eigenvalue weighted by Gasteiger charge is -2.23. The molecule has 8 nitrogen and oxygen atoms in total. The maximum absolute atomic E-state index is 12.0. The predicted octanol–water partition coefficient (Wildman–Crippen LogP) is 8.45. The highest BCUT2D eigenvalue weighted by atomic mass is 16.3. The van der Waals surface area contributed by atoms with E-state index in [1.807, 2.05) is 86.7 Å². The van der Waals surface area contributed by atoms with Crippen LogP contribution in [-0.4, -0.2) is 51.4 Å². The summed E-state index contributed by atoms with van der Waals surface area (Å²) in [5, 5.41) is 80.5. The van der Waals surface area contributed by atoms with Gasteiger partial charge < -0.3 is 40.2 Å². The van der Waals surface area contributed by atoms with Crippen molar-refractivity contribution in [3.05, 3.63) is 115 Å². The third-order valence-electron chi connectivity index (χ3n) is 9.59. The number of phenols is 7. The molecule has 0 aliphatic heterocycles. The number of benzene rings is 6. The summed E-state index contributed by atoms with van der Waals surface area (Å²) in [4.78, 5) is 0. The topological polar surface area (TPSA) is 155 Å². The Morgan fingerprint density at radius 3 is 1.70 bits per heavy atom. The molecule has 4 radical (unpaired) electrons. The van der Waals surface area contributed by atoms with E-state index in [1.165, 1.54) is 0 Å². The van der Waals surface area contributed by atoms with E-state index in [4.69, 9.17) is 20.1 Å². The molecular formula is C44H32B2O8. The monoisotopic (exact) mass is 710 g/mol. The Bertz CT molecular complexity index is 2720. The number of hydrogen-bond acceptors (Lipinski definition) is 8. The summed E-state index contributed by atoms with van der Waals surface area (Å²) in [6.07, 6.45) is 11.6. The van der Waals surface area contributed by atoms with Crippen molar-refractivity contribution >= 4 is 71.3 Å². The first-order chi connectivity index (χ1) is 25.9. The molecule has 0 aliphatic rings. The third kappa shape index (κ3) is 5.42. The van der Waals surface area contributed by atoms with Crippen molar-refractivity contribution in [1.82, 2.24) is 0 Å². The largest absolute Gasteiger partial charge is 0.506 e. The van der Waals surface area contributed by atoms with Crippen molar-refractivity contribution in [2.24, 2.45) is 0 Å². The predicted molar refractivity (Wildman–Crippen MR) is 218 cm³/mol. The third-order valence-corrected chi connectivity index (χ3v) is 9.59. The zero-order valence-electron chi connectivity index (χ0n) is 29.2. The van der Waals surface area contributed by atoms with Gasteiger partial charge in [-0.1, -0.05) is 102 Å². The van der Waals surface area contributed by atoms with Crippen molar-refractivity contribution in [2.75, 3.05) is 0 Å². The van der Waals surface area contributed by atoms with E-state index in [2.05, 4.69) is 6.58 Å². The second-order valence-corrected chi connectivity index (χ2v) is 12.8. The van der Waals surface area contributed by atoms with Crippen LogP contribution in [0.5, 0.6) is 40.2 Å². The maximum Gasteiger partial charge on any atom is 0.201 e. The summed E-state index contributed by atoms with van der Waals surface area (Å²) >= 11 is 0. The van der Waals surface area contributed by atoms with Gasteiger partial charge in [0.15, 0.2) is 28.7 Å². The highest BCUT2D eigenvalue weighted by molar-refractivity contribution is 6.52. The summed E-state index contributed by atoms with van der Waals surface area (Å²) in [5.41, 5.74) is 1.84. The Kier molecular flexibility index (Phi) is 8.91. The Labute approximate surface area is 312 Å². The quantitative estimate of drug-likeness (QED) is 0.0286. The zero-order chi connectivity index (χ0) is 38.6. The van der Waals surface area contributed by atoms with Gasteiger partial charge >= 0.3 is 0 Å². The first-order valence-electron chi connectivity index (χ1n) is 16.8. The number of allylic oxidation sites excluding steroid dienone is 5. The van der Waals surface area contributed by atoms with Crippen LogP contribution in [0, 0.1) is 0 Å². The fourth-order valence-electron chi connectivity index (χ4n) is 7.07. The number of rotatable bonds is 7. The van der Waals surface area contributed by atoms with Crippen LogP contribution >= 0.6 is 0 Å². The fraction of sp³-hybridized carbons (Fsp3) is 0.0455. The molecule has 0 atom stereocenters. The van der Waals surface area contributed by atoms with Crippen molar-refractivity contribution in [1.29, 1.82) is 0 Å². The molecule has 0 fully saturated rings. The molecule has 0 aliphatic carbocycles. The van der Waals surface area contributed by atoms with Gasteiger partial charge in [-0.05, 0) is 70.8 Å². The molecule has 10 heteroatoms. The summed E-state index contributed by atoms with van der Waals surface area (Å²) in [7, 11) is 12.0. The molecule has 1 aromatic heterocycles. The lowest BCUT2D eigenvalue weighted by molar-refractivity contribution is 0.362. The van der Waals surface area contributed by atoms with E-state index in [9.17, 15) is 35.7 Å². The van der Waals surface area contributed by atoms with Gasteiger partial charge in [-0.25, -0.2) is 0 Å². The first kappa shape index (κ1) is 35.5. The average Bonchev–Trinajstić information content (AvgIpc) is 3.52. The molecule has 0 spiro atoms. The van der Waals surface area contributed by atoms with Crippen LogP contribution in [0.25, 0.3) is 78.0 Å². The molecule has 0 unspecified atom stereocenters. The molecule has 262 valence electrons. The minimum Gasteiger partial charge on any atom is -0.506 e. The number of hydrogen-bond donors (Lipinski definition) is 7. The molecule has 0 amide bonds. The molecular weight excluding hydrogens is 678 g/mol. The second-order valence-electron chi connectivity index (χ2n) is 12.8. The van der Waals surface area contributed by atoms with Gasteiger partial charge in [0.2, 0.25) is 5.75 Å². The second kappa shape index (κ2) is 13.6. The van der Waals surface area contributed by atoms with E-state index in [1.54, 1.807) is 30.3 Å². The molecule has 7 N–H and O–H groups in total. The number of phenolic OH excluding ortho intramolecular Hbond substituents is 7. The van der Waals surface area contributed by atoms with E-state index in [0.717, 1.165) is 27.6 Å². The van der Waals surface area contributed by atoms with Crippen LogP contribution in [-0.2, 0) is 0 Å². The molecule has 1 heterocycles. The molecule has 0 bridgehead atoms. The van der Waals surface area contributed by atoms with Crippen LogP contribution in [0.3, 0.4) is 0 Å².